The van der Waals surface area contributed by atoms with E-state index in [-0.39, 0.29) is 22.3 Å². The van der Waals surface area contributed by atoms with E-state index in [9.17, 15) is 18.1 Å². The first kappa shape index (κ1) is 21.7. The standard InChI is InChI=1S/C17H12ClF2N4O5P/c1-28-14-6-12-9(5-13(14)24-17(25)15(20)29-30(26)27)16(22-7-21-12)23-8-2-3-11(19)10(18)4-8/h2-7,15H,1H3,(H2-,21,22,23,24,25,26,27)/p+1. The van der Waals surface area contributed by atoms with Crippen molar-refractivity contribution < 1.29 is 32.3 Å². The van der Waals surface area contributed by atoms with Crippen molar-refractivity contribution in [1.82, 2.24) is 9.97 Å². The van der Waals surface area contributed by atoms with Gasteiger partial charge in [0.15, 0.2) is 0 Å². The molecule has 0 saturated heterocycles. The average molecular weight is 458 g/mol. The number of aromatic nitrogens is 2. The van der Waals surface area contributed by atoms with Gasteiger partial charge in [0, 0.05) is 21.7 Å². The molecule has 3 rings (SSSR count). The van der Waals surface area contributed by atoms with E-state index in [4.69, 9.17) is 21.2 Å². The molecule has 13 heteroatoms. The number of halogens is 3. The van der Waals surface area contributed by atoms with Crippen LogP contribution in [0.2, 0.25) is 5.02 Å². The summed E-state index contributed by atoms with van der Waals surface area (Å²) in [6.45, 7) is 0. The molecule has 0 aliphatic carbocycles. The SMILES string of the molecule is COc1cc2ncnc(Nc3ccc(F)c(Cl)c3)c2cc1NC(=O)C(F)O[P+](=O)O. The monoisotopic (exact) mass is 457 g/mol. The predicted molar refractivity (Wildman–Crippen MR) is 105 cm³/mol. The summed E-state index contributed by atoms with van der Waals surface area (Å²) in [5.41, 5.74) is 0.887. The fourth-order valence-corrected chi connectivity index (χ4v) is 2.91. The Morgan fingerprint density at radius 1 is 1.30 bits per heavy atom. The number of ether oxygens (including phenoxy) is 1. The van der Waals surface area contributed by atoms with Crippen LogP contribution < -0.4 is 15.4 Å². The maximum atomic E-state index is 13.6. The number of hydrogen-bond acceptors (Lipinski definition) is 7. The third-order valence-electron chi connectivity index (χ3n) is 3.79. The minimum Gasteiger partial charge on any atom is -0.494 e. The van der Waals surface area contributed by atoms with Crippen molar-refractivity contribution in [2.24, 2.45) is 0 Å². The number of methoxy groups -OCH3 is 1. The van der Waals surface area contributed by atoms with Gasteiger partial charge in [-0.15, -0.1) is 4.89 Å². The Labute approximate surface area is 173 Å². The maximum absolute atomic E-state index is 13.6. The lowest BCUT2D eigenvalue weighted by Gasteiger charge is -2.14. The van der Waals surface area contributed by atoms with Gasteiger partial charge in [-0.3, -0.25) is 4.79 Å². The lowest BCUT2D eigenvalue weighted by Crippen LogP contribution is -2.25. The van der Waals surface area contributed by atoms with Gasteiger partial charge < -0.3 is 15.4 Å². The van der Waals surface area contributed by atoms with Crippen LogP contribution in [0.3, 0.4) is 0 Å². The molecule has 0 radical (unpaired) electrons. The topological polar surface area (TPSA) is 123 Å². The van der Waals surface area contributed by atoms with Gasteiger partial charge in [-0.25, -0.2) is 14.4 Å². The van der Waals surface area contributed by atoms with Crippen LogP contribution in [0.4, 0.5) is 26.0 Å². The van der Waals surface area contributed by atoms with Gasteiger partial charge in [0.2, 0.25) is 0 Å². The number of nitrogens with one attached hydrogen (secondary N) is 2. The Balaban J connectivity index is 1.98. The van der Waals surface area contributed by atoms with E-state index in [0.29, 0.717) is 16.6 Å². The molecule has 0 saturated carbocycles. The van der Waals surface area contributed by atoms with Gasteiger partial charge in [-0.1, -0.05) is 16.1 Å². The zero-order valence-electron chi connectivity index (χ0n) is 15.1. The number of rotatable bonds is 7. The zero-order valence-corrected chi connectivity index (χ0v) is 16.7. The van der Waals surface area contributed by atoms with E-state index < -0.39 is 26.3 Å². The first-order valence-corrected chi connectivity index (χ1v) is 9.62. The lowest BCUT2D eigenvalue weighted by atomic mass is 10.2. The minimum atomic E-state index is -3.31. The molecule has 0 aliphatic heterocycles. The van der Waals surface area contributed by atoms with Crippen molar-refractivity contribution >= 4 is 53.9 Å². The second-order valence-corrected chi connectivity index (χ2v) is 6.79. The van der Waals surface area contributed by atoms with Crippen LogP contribution >= 0.6 is 19.9 Å². The van der Waals surface area contributed by atoms with E-state index in [1.807, 2.05) is 0 Å². The van der Waals surface area contributed by atoms with Gasteiger partial charge in [-0.05, 0) is 24.3 Å². The van der Waals surface area contributed by atoms with Crippen LogP contribution in [0.1, 0.15) is 0 Å². The Morgan fingerprint density at radius 2 is 2.07 bits per heavy atom. The molecule has 156 valence electrons. The highest BCUT2D eigenvalue weighted by Crippen LogP contribution is 2.34. The van der Waals surface area contributed by atoms with E-state index in [2.05, 4.69) is 25.1 Å². The molecule has 0 bridgehead atoms. The summed E-state index contributed by atoms with van der Waals surface area (Å²) < 4.78 is 46.7. The fourth-order valence-electron chi connectivity index (χ4n) is 2.48. The van der Waals surface area contributed by atoms with Crippen molar-refractivity contribution in [2.75, 3.05) is 17.7 Å². The highest BCUT2D eigenvalue weighted by Gasteiger charge is 2.30. The van der Waals surface area contributed by atoms with Crippen LogP contribution in [0.5, 0.6) is 5.75 Å². The smallest absolute Gasteiger partial charge is 0.494 e. The third kappa shape index (κ3) is 4.95. The number of benzene rings is 2. The molecule has 1 heterocycles. The van der Waals surface area contributed by atoms with Gasteiger partial charge in [0.25, 0.3) is 5.91 Å². The highest BCUT2D eigenvalue weighted by atomic mass is 35.5. The van der Waals surface area contributed by atoms with E-state index in [0.717, 1.165) is 0 Å². The van der Waals surface area contributed by atoms with Crippen LogP contribution in [-0.4, -0.2) is 34.2 Å². The summed E-state index contributed by atoms with van der Waals surface area (Å²) in [7, 11) is -1.98. The number of fused-ring (bicyclic) bond motifs is 1. The molecular formula is C17H13ClF2N4O5P+. The van der Waals surface area contributed by atoms with Crippen LogP contribution in [0, 0.1) is 5.82 Å². The van der Waals surface area contributed by atoms with Gasteiger partial charge in [0.1, 0.15) is 23.7 Å². The molecule has 30 heavy (non-hydrogen) atoms. The minimum absolute atomic E-state index is 0.0319. The average Bonchev–Trinajstić information content (AvgIpc) is 2.70. The van der Waals surface area contributed by atoms with Crippen molar-refractivity contribution in [2.45, 2.75) is 6.36 Å². The predicted octanol–water partition coefficient (Wildman–Crippen LogP) is 4.07. The van der Waals surface area contributed by atoms with Gasteiger partial charge in [0.05, 0.1) is 23.3 Å². The van der Waals surface area contributed by atoms with Crippen LogP contribution in [-0.2, 0) is 13.9 Å². The van der Waals surface area contributed by atoms with Crippen LogP contribution in [0.15, 0.2) is 36.7 Å². The van der Waals surface area contributed by atoms with E-state index >= 15 is 0 Å². The molecule has 0 aliphatic rings. The summed E-state index contributed by atoms with van der Waals surface area (Å²) in [6.07, 6.45) is -1.40. The Hall–Kier alpha value is -2.98. The number of anilines is 3. The third-order valence-corrected chi connectivity index (χ3v) is 4.44. The Morgan fingerprint density at radius 3 is 2.73 bits per heavy atom. The maximum Gasteiger partial charge on any atom is 0.698 e. The van der Waals surface area contributed by atoms with Gasteiger partial charge >= 0.3 is 14.6 Å². The molecule has 0 spiro atoms. The van der Waals surface area contributed by atoms with E-state index in [1.54, 1.807) is 0 Å². The number of nitrogens with zero attached hydrogens (tertiary/aromatic N) is 2. The van der Waals surface area contributed by atoms with Crippen molar-refractivity contribution in [3.63, 3.8) is 0 Å². The normalized spacial score (nSPS) is 12.4. The molecule has 3 N–H and O–H groups in total. The van der Waals surface area contributed by atoms with Crippen LogP contribution in [0.25, 0.3) is 10.9 Å². The quantitative estimate of drug-likeness (QED) is 0.454. The first-order chi connectivity index (χ1) is 14.3. The molecule has 3 aromatic rings. The largest absolute Gasteiger partial charge is 0.698 e. The second-order valence-electron chi connectivity index (χ2n) is 5.69. The molecule has 2 aromatic carbocycles. The van der Waals surface area contributed by atoms with Crippen molar-refractivity contribution in [3.8, 4) is 5.75 Å². The van der Waals surface area contributed by atoms with E-state index in [1.165, 1.54) is 43.8 Å². The molecule has 0 fully saturated rings. The van der Waals surface area contributed by atoms with Crippen molar-refractivity contribution in [1.29, 1.82) is 0 Å². The highest BCUT2D eigenvalue weighted by molar-refractivity contribution is 7.32. The number of alkyl halides is 1. The first-order valence-electron chi connectivity index (χ1n) is 8.11. The molecule has 2 unspecified atom stereocenters. The lowest BCUT2D eigenvalue weighted by molar-refractivity contribution is -0.130. The molecule has 2 atom stereocenters. The van der Waals surface area contributed by atoms with Gasteiger partial charge in [-0.2, -0.15) is 4.39 Å². The van der Waals surface area contributed by atoms with Crippen molar-refractivity contribution in [3.05, 3.63) is 47.5 Å². The fraction of sp³-hybridized carbons (Fsp3) is 0.118. The molecule has 1 amide bonds. The summed E-state index contributed by atoms with van der Waals surface area (Å²) >= 11 is 5.79. The molecule has 9 nitrogen and oxygen atoms in total. The number of amides is 1. The Kier molecular flexibility index (Phi) is 6.68. The summed E-state index contributed by atoms with van der Waals surface area (Å²) in [5.74, 6) is -1.47. The molecule has 1 aromatic heterocycles. The number of carbonyl (C=O) groups is 1. The number of carbonyl (C=O) groups excluding carboxylic acids is 1. The Bertz CT molecular complexity index is 1140. The summed E-state index contributed by atoms with van der Waals surface area (Å²) in [5, 5.41) is 5.47. The summed E-state index contributed by atoms with van der Waals surface area (Å²) in [6, 6.07) is 6.86. The molecular weight excluding hydrogens is 445 g/mol. The summed E-state index contributed by atoms with van der Waals surface area (Å²) in [4.78, 5) is 28.7. The zero-order chi connectivity index (χ0) is 21.8. The number of hydrogen-bond donors (Lipinski definition) is 3. The second kappa shape index (κ2) is 9.23.